The summed E-state index contributed by atoms with van der Waals surface area (Å²) in [5.41, 5.74) is 5.29. The van der Waals surface area contributed by atoms with E-state index >= 15 is 0 Å². The van der Waals surface area contributed by atoms with E-state index in [4.69, 9.17) is 18.0 Å². The van der Waals surface area contributed by atoms with Crippen LogP contribution >= 0.6 is 12.2 Å². The molecule has 0 radical (unpaired) electrons. The Morgan fingerprint density at radius 2 is 2.00 bits per heavy atom. The smallest absolute Gasteiger partial charge is 0.166 e. The Balaban J connectivity index is 3.64. The predicted molar refractivity (Wildman–Crippen MR) is 39.7 cm³/mol. The number of hydrogen-bond donors (Lipinski definition) is 1. The fraction of sp³-hybridized carbons (Fsp3) is 0.800. The Morgan fingerprint density at radius 1 is 1.62 bits per heavy atom. The third-order valence-corrected chi connectivity index (χ3v) is 1.41. The van der Waals surface area contributed by atoms with Crippen LogP contribution in [0.5, 0.6) is 0 Å². The summed E-state index contributed by atoms with van der Waals surface area (Å²) < 4.78 is 0. The lowest BCUT2D eigenvalue weighted by molar-refractivity contribution is 0.420. The van der Waals surface area contributed by atoms with E-state index in [0.717, 1.165) is 0 Å². The van der Waals surface area contributed by atoms with Crippen molar-refractivity contribution in [3.8, 4) is 0 Å². The standard InChI is InChI=1S/C5H12N2S/c1-4(2)7(3)5(6)8/h4H,1-3H3,(H2,6,8). The number of nitrogens with zero attached hydrogens (tertiary/aromatic N) is 1. The molecule has 0 spiro atoms. The second kappa shape index (κ2) is 2.87. The third-order valence-electron chi connectivity index (χ3n) is 1.12. The van der Waals surface area contributed by atoms with Crippen LogP contribution in [0.4, 0.5) is 0 Å². The van der Waals surface area contributed by atoms with Crippen LogP contribution in [0.15, 0.2) is 0 Å². The molecule has 0 aliphatic rings. The van der Waals surface area contributed by atoms with E-state index in [2.05, 4.69) is 0 Å². The van der Waals surface area contributed by atoms with Gasteiger partial charge in [-0.05, 0) is 26.1 Å². The summed E-state index contributed by atoms with van der Waals surface area (Å²) in [7, 11) is 1.88. The Morgan fingerprint density at radius 3 is 2.00 bits per heavy atom. The zero-order valence-corrected chi connectivity index (χ0v) is 6.33. The van der Waals surface area contributed by atoms with Gasteiger partial charge in [-0.2, -0.15) is 0 Å². The molecule has 2 nitrogen and oxygen atoms in total. The topological polar surface area (TPSA) is 29.3 Å². The van der Waals surface area contributed by atoms with E-state index in [1.165, 1.54) is 0 Å². The van der Waals surface area contributed by atoms with Crippen molar-refractivity contribution in [3.63, 3.8) is 0 Å². The van der Waals surface area contributed by atoms with Crippen LogP contribution in [-0.4, -0.2) is 23.1 Å². The SMILES string of the molecule is CC(C)N(C)C(N)=S. The van der Waals surface area contributed by atoms with E-state index in [1.54, 1.807) is 0 Å². The number of thiocarbonyl (C=S) groups is 1. The second-order valence-corrected chi connectivity index (χ2v) is 2.46. The summed E-state index contributed by atoms with van der Waals surface area (Å²) in [6.45, 7) is 4.08. The molecule has 0 aromatic rings. The Hall–Kier alpha value is -0.310. The summed E-state index contributed by atoms with van der Waals surface area (Å²) in [5.74, 6) is 0. The van der Waals surface area contributed by atoms with Crippen LogP contribution in [0.2, 0.25) is 0 Å². The predicted octanol–water partition coefficient (Wildman–Crippen LogP) is 0.570. The van der Waals surface area contributed by atoms with Gasteiger partial charge in [0.15, 0.2) is 5.11 Å². The van der Waals surface area contributed by atoms with Crippen LogP contribution in [0.1, 0.15) is 13.8 Å². The fourth-order valence-corrected chi connectivity index (χ4v) is 0.465. The lowest BCUT2D eigenvalue weighted by Crippen LogP contribution is -2.36. The van der Waals surface area contributed by atoms with Gasteiger partial charge in [0, 0.05) is 13.1 Å². The molecule has 2 N–H and O–H groups in total. The van der Waals surface area contributed by atoms with Gasteiger partial charge in [-0.1, -0.05) is 0 Å². The van der Waals surface area contributed by atoms with Gasteiger partial charge in [0.25, 0.3) is 0 Å². The molecule has 0 fully saturated rings. The molecule has 0 rings (SSSR count). The van der Waals surface area contributed by atoms with E-state index in [1.807, 2.05) is 25.8 Å². The highest BCUT2D eigenvalue weighted by Crippen LogP contribution is 1.90. The maximum atomic E-state index is 5.29. The molecular weight excluding hydrogens is 120 g/mol. The lowest BCUT2D eigenvalue weighted by atomic mass is 10.4. The van der Waals surface area contributed by atoms with Crippen LogP contribution in [0.25, 0.3) is 0 Å². The van der Waals surface area contributed by atoms with Crippen molar-refractivity contribution in [2.75, 3.05) is 7.05 Å². The van der Waals surface area contributed by atoms with Crippen molar-refractivity contribution in [3.05, 3.63) is 0 Å². The van der Waals surface area contributed by atoms with E-state index in [9.17, 15) is 0 Å². The molecule has 0 atom stereocenters. The highest BCUT2D eigenvalue weighted by atomic mass is 32.1. The van der Waals surface area contributed by atoms with Crippen LogP contribution < -0.4 is 5.73 Å². The van der Waals surface area contributed by atoms with Crippen LogP contribution in [0, 0.1) is 0 Å². The summed E-state index contributed by atoms with van der Waals surface area (Å²) in [5, 5.41) is 0.458. The van der Waals surface area contributed by atoms with Gasteiger partial charge in [0.2, 0.25) is 0 Å². The van der Waals surface area contributed by atoms with Crippen molar-refractivity contribution < 1.29 is 0 Å². The molecule has 0 aliphatic carbocycles. The Bertz CT molecular complexity index is 90.4. The molecule has 3 heteroatoms. The van der Waals surface area contributed by atoms with E-state index in [-0.39, 0.29) is 0 Å². The van der Waals surface area contributed by atoms with Crippen LogP contribution in [0.3, 0.4) is 0 Å². The lowest BCUT2D eigenvalue weighted by Gasteiger charge is -2.20. The molecule has 0 aromatic heterocycles. The summed E-state index contributed by atoms with van der Waals surface area (Å²) in [6, 6.07) is 0.410. The fourth-order valence-electron chi connectivity index (χ4n) is 0.254. The minimum Gasteiger partial charge on any atom is -0.376 e. The summed E-state index contributed by atoms with van der Waals surface area (Å²) in [4.78, 5) is 1.84. The summed E-state index contributed by atoms with van der Waals surface area (Å²) in [6.07, 6.45) is 0. The second-order valence-electron chi connectivity index (χ2n) is 2.04. The van der Waals surface area contributed by atoms with Crippen molar-refractivity contribution >= 4 is 17.3 Å². The van der Waals surface area contributed by atoms with Gasteiger partial charge in [-0.3, -0.25) is 0 Å². The van der Waals surface area contributed by atoms with E-state index in [0.29, 0.717) is 11.2 Å². The van der Waals surface area contributed by atoms with Gasteiger partial charge >= 0.3 is 0 Å². The molecular formula is C5H12N2S. The minimum atomic E-state index is 0.410. The molecule has 0 saturated carbocycles. The largest absolute Gasteiger partial charge is 0.376 e. The van der Waals surface area contributed by atoms with Gasteiger partial charge in [0.1, 0.15) is 0 Å². The van der Waals surface area contributed by atoms with Gasteiger partial charge < -0.3 is 10.6 Å². The highest BCUT2D eigenvalue weighted by Gasteiger charge is 2.01. The van der Waals surface area contributed by atoms with Gasteiger partial charge in [0.05, 0.1) is 0 Å². The number of nitrogens with two attached hydrogens (primary N) is 1. The van der Waals surface area contributed by atoms with E-state index < -0.39 is 0 Å². The maximum absolute atomic E-state index is 5.29. The zero-order valence-electron chi connectivity index (χ0n) is 5.51. The first-order valence-corrected chi connectivity index (χ1v) is 2.98. The molecule has 8 heavy (non-hydrogen) atoms. The number of hydrogen-bond acceptors (Lipinski definition) is 1. The molecule has 0 saturated heterocycles. The quantitative estimate of drug-likeness (QED) is 0.529. The highest BCUT2D eigenvalue weighted by molar-refractivity contribution is 7.80. The van der Waals surface area contributed by atoms with Gasteiger partial charge in [-0.15, -0.1) is 0 Å². The monoisotopic (exact) mass is 132 g/mol. The molecule has 0 heterocycles. The molecule has 0 bridgehead atoms. The maximum Gasteiger partial charge on any atom is 0.166 e. The normalized spacial score (nSPS) is 9.50. The Labute approximate surface area is 55.7 Å². The first-order valence-electron chi connectivity index (χ1n) is 2.58. The molecule has 0 aliphatic heterocycles. The van der Waals surface area contributed by atoms with Crippen molar-refractivity contribution in [1.82, 2.24) is 4.90 Å². The van der Waals surface area contributed by atoms with Crippen molar-refractivity contribution in [2.45, 2.75) is 19.9 Å². The molecule has 0 unspecified atom stereocenters. The molecule has 0 aromatic carbocycles. The minimum absolute atomic E-state index is 0.410. The van der Waals surface area contributed by atoms with Gasteiger partial charge in [-0.25, -0.2) is 0 Å². The van der Waals surface area contributed by atoms with Crippen molar-refractivity contribution in [1.29, 1.82) is 0 Å². The molecule has 0 amide bonds. The first kappa shape index (κ1) is 7.69. The number of rotatable bonds is 1. The zero-order chi connectivity index (χ0) is 6.73. The summed E-state index contributed by atoms with van der Waals surface area (Å²) >= 11 is 4.70. The third kappa shape index (κ3) is 2.12. The van der Waals surface area contributed by atoms with Crippen molar-refractivity contribution in [2.24, 2.45) is 5.73 Å². The van der Waals surface area contributed by atoms with Crippen LogP contribution in [-0.2, 0) is 0 Å². The average Bonchev–Trinajstić information content (AvgIpc) is 1.64. The Kier molecular flexibility index (Phi) is 2.76. The first-order chi connectivity index (χ1) is 3.55. The molecule has 48 valence electrons. The average molecular weight is 132 g/mol.